The Labute approximate surface area is 260 Å². The van der Waals surface area contributed by atoms with Crippen molar-refractivity contribution < 1.29 is 17.6 Å². The highest BCUT2D eigenvalue weighted by Gasteiger charge is 2.28. The molecule has 0 aliphatic carbocycles. The van der Waals surface area contributed by atoms with Gasteiger partial charge in [-0.15, -0.1) is 0 Å². The zero-order valence-corrected chi connectivity index (χ0v) is 30.5. The standard InChI is InChI=1S/C17H25FN2OSi.C16H23FN2OSi/c1-12-19-15(17(5,6)21-22-16(2,3)4)11-20(12)14-9-7-13(18)8-10-14;1-15(2,3)21-20-16(4,5)14-10-19(11-18-14)13-8-6-12(17)7-9-13/h7-11H,22H2,1-6H3;6-11H,21H2,1-5H3. The first-order valence-corrected chi connectivity index (χ1v) is 17.2. The van der Waals surface area contributed by atoms with Crippen molar-refractivity contribution in [3.05, 3.63) is 96.1 Å². The van der Waals surface area contributed by atoms with Crippen molar-refractivity contribution >= 4 is 19.5 Å². The summed E-state index contributed by atoms with van der Waals surface area (Å²) in [6.07, 6.45) is 5.68. The maximum Gasteiger partial charge on any atom is 0.168 e. The smallest absolute Gasteiger partial charge is 0.168 e. The van der Waals surface area contributed by atoms with E-state index >= 15 is 0 Å². The molecular weight excluding hydrogens is 579 g/mol. The fourth-order valence-corrected chi connectivity index (χ4v) is 5.84. The van der Waals surface area contributed by atoms with Crippen LogP contribution in [0.1, 0.15) is 86.4 Å². The molecule has 0 aliphatic heterocycles. The van der Waals surface area contributed by atoms with Gasteiger partial charge in [-0.3, -0.25) is 0 Å². The van der Waals surface area contributed by atoms with Gasteiger partial charge in [0.2, 0.25) is 0 Å². The number of benzene rings is 2. The summed E-state index contributed by atoms with van der Waals surface area (Å²) >= 11 is 0. The molecule has 0 unspecified atom stereocenters. The molecule has 0 fully saturated rings. The molecule has 0 saturated heterocycles. The van der Waals surface area contributed by atoms with Gasteiger partial charge in [0.15, 0.2) is 19.5 Å². The molecule has 234 valence electrons. The summed E-state index contributed by atoms with van der Waals surface area (Å²) in [6, 6.07) is 12.8. The quantitative estimate of drug-likeness (QED) is 0.191. The molecule has 2 aromatic heterocycles. The highest BCUT2D eigenvalue weighted by molar-refractivity contribution is 6.32. The van der Waals surface area contributed by atoms with Crippen molar-refractivity contribution in [1.82, 2.24) is 19.1 Å². The summed E-state index contributed by atoms with van der Waals surface area (Å²) in [4.78, 5) is 9.10. The van der Waals surface area contributed by atoms with Crippen LogP contribution in [0.5, 0.6) is 0 Å². The molecule has 10 heteroatoms. The molecule has 0 bridgehead atoms. The van der Waals surface area contributed by atoms with E-state index in [1.807, 2.05) is 42.3 Å². The van der Waals surface area contributed by atoms with Crippen molar-refractivity contribution in [1.29, 1.82) is 0 Å². The maximum absolute atomic E-state index is 13.1. The first-order chi connectivity index (χ1) is 19.8. The molecule has 0 amide bonds. The van der Waals surface area contributed by atoms with Gasteiger partial charge in [0, 0.05) is 23.8 Å². The Kier molecular flexibility index (Phi) is 10.8. The number of aromatic nitrogens is 4. The minimum absolute atomic E-state index is 0.235. The predicted molar refractivity (Wildman–Crippen MR) is 177 cm³/mol. The molecule has 0 saturated carbocycles. The third-order valence-electron chi connectivity index (χ3n) is 6.66. The Bertz CT molecular complexity index is 1470. The topological polar surface area (TPSA) is 54.1 Å². The van der Waals surface area contributed by atoms with E-state index in [9.17, 15) is 8.78 Å². The van der Waals surface area contributed by atoms with Gasteiger partial charge in [0.05, 0.1) is 28.9 Å². The van der Waals surface area contributed by atoms with Crippen LogP contribution in [-0.2, 0) is 20.1 Å². The molecule has 0 N–H and O–H groups in total. The van der Waals surface area contributed by atoms with Crippen LogP contribution in [0.15, 0.2) is 67.3 Å². The Morgan fingerprint density at radius 3 is 1.53 bits per heavy atom. The SMILES string of the molecule is CC(C)(C)[SiH2]OC(C)(C)c1cn(-c2ccc(F)cc2)cn1.Cc1nc(C(C)(C)O[SiH2]C(C)(C)C)cn1-c1ccc(F)cc1. The summed E-state index contributed by atoms with van der Waals surface area (Å²) in [6.45, 7) is 23.4. The van der Waals surface area contributed by atoms with E-state index < -0.39 is 30.7 Å². The van der Waals surface area contributed by atoms with E-state index in [1.54, 1.807) is 30.6 Å². The average Bonchev–Trinajstić information content (AvgIpc) is 3.56. The molecule has 2 heterocycles. The second kappa shape index (κ2) is 13.4. The van der Waals surface area contributed by atoms with E-state index in [-0.39, 0.29) is 21.7 Å². The van der Waals surface area contributed by atoms with Gasteiger partial charge in [-0.1, -0.05) is 41.5 Å². The van der Waals surface area contributed by atoms with Gasteiger partial charge in [-0.2, -0.15) is 0 Å². The van der Waals surface area contributed by atoms with E-state index in [2.05, 4.69) is 65.4 Å². The first-order valence-electron chi connectivity index (χ1n) is 14.7. The van der Waals surface area contributed by atoms with Crippen molar-refractivity contribution in [3.8, 4) is 11.4 Å². The lowest BCUT2D eigenvalue weighted by molar-refractivity contribution is 0.104. The minimum Gasteiger partial charge on any atom is -0.413 e. The summed E-state index contributed by atoms with van der Waals surface area (Å²) in [7, 11) is -1.32. The summed E-state index contributed by atoms with van der Waals surface area (Å²) in [5.74, 6) is 0.399. The van der Waals surface area contributed by atoms with E-state index in [0.29, 0.717) is 0 Å². The third kappa shape index (κ3) is 10.3. The van der Waals surface area contributed by atoms with Crippen molar-refractivity contribution in [2.75, 3.05) is 0 Å². The van der Waals surface area contributed by atoms with Gasteiger partial charge in [0.25, 0.3) is 0 Å². The monoisotopic (exact) mass is 626 g/mol. The Morgan fingerprint density at radius 1 is 0.628 bits per heavy atom. The highest BCUT2D eigenvalue weighted by Crippen LogP contribution is 2.30. The zero-order valence-electron chi connectivity index (χ0n) is 27.6. The summed E-state index contributed by atoms with van der Waals surface area (Å²) in [5.41, 5.74) is 2.79. The highest BCUT2D eigenvalue weighted by atomic mass is 28.2. The average molecular weight is 627 g/mol. The fraction of sp³-hybridized carbons (Fsp3) is 0.455. The van der Waals surface area contributed by atoms with Gasteiger partial charge in [0.1, 0.15) is 17.5 Å². The van der Waals surface area contributed by atoms with Crippen LogP contribution < -0.4 is 0 Å². The Balaban J connectivity index is 0.000000236. The molecule has 0 radical (unpaired) electrons. The van der Waals surface area contributed by atoms with Crippen molar-refractivity contribution in [3.63, 3.8) is 0 Å². The van der Waals surface area contributed by atoms with Gasteiger partial charge >= 0.3 is 0 Å². The summed E-state index contributed by atoms with van der Waals surface area (Å²) < 4.78 is 42.3. The maximum atomic E-state index is 13.1. The third-order valence-corrected chi connectivity index (χ3v) is 10.1. The van der Waals surface area contributed by atoms with E-state index in [0.717, 1.165) is 28.6 Å². The molecule has 4 rings (SSSR count). The lowest BCUT2D eigenvalue weighted by Gasteiger charge is -2.28. The second-order valence-corrected chi connectivity index (χ2v) is 19.8. The number of imidazole rings is 2. The number of aryl methyl sites for hydroxylation is 1. The number of hydrogen-bond donors (Lipinski definition) is 0. The van der Waals surface area contributed by atoms with E-state index in [1.165, 1.54) is 24.3 Å². The normalized spacial score (nSPS) is 13.2. The minimum atomic E-state index is -0.668. The Hall–Kier alpha value is -2.93. The van der Waals surface area contributed by atoms with Gasteiger partial charge in [-0.05, 0) is 93.2 Å². The van der Waals surface area contributed by atoms with Crippen molar-refractivity contribution in [2.24, 2.45) is 0 Å². The molecule has 0 aliphatic rings. The largest absolute Gasteiger partial charge is 0.413 e. The van der Waals surface area contributed by atoms with Gasteiger partial charge in [-0.25, -0.2) is 18.7 Å². The molecule has 0 spiro atoms. The molecular formula is C33H48F2N4O2Si2. The molecule has 4 aromatic rings. The second-order valence-electron chi connectivity index (χ2n) is 14.4. The van der Waals surface area contributed by atoms with Crippen LogP contribution in [0.3, 0.4) is 0 Å². The Morgan fingerprint density at radius 2 is 1.07 bits per heavy atom. The predicted octanol–water partition coefficient (Wildman–Crippen LogP) is 7.44. The lowest BCUT2D eigenvalue weighted by atomic mass is 10.1. The molecule has 2 aromatic carbocycles. The fourth-order valence-electron chi connectivity index (χ4n) is 3.96. The molecule has 43 heavy (non-hydrogen) atoms. The number of nitrogens with zero attached hydrogens (tertiary/aromatic N) is 4. The van der Waals surface area contributed by atoms with E-state index in [4.69, 9.17) is 8.85 Å². The molecule has 0 atom stereocenters. The number of halogens is 2. The zero-order chi connectivity index (χ0) is 32.2. The van der Waals surface area contributed by atoms with Crippen LogP contribution in [0.4, 0.5) is 8.78 Å². The molecule has 6 nitrogen and oxygen atoms in total. The van der Waals surface area contributed by atoms with Gasteiger partial charge < -0.3 is 18.0 Å². The summed E-state index contributed by atoms with van der Waals surface area (Å²) in [5, 5.41) is 0.489. The van der Waals surface area contributed by atoms with Crippen LogP contribution in [0.25, 0.3) is 11.4 Å². The first kappa shape index (κ1) is 34.6. The van der Waals surface area contributed by atoms with Crippen LogP contribution in [-0.4, -0.2) is 38.6 Å². The van der Waals surface area contributed by atoms with Crippen molar-refractivity contribution in [2.45, 2.75) is 97.4 Å². The van der Waals surface area contributed by atoms with Crippen LogP contribution in [0, 0.1) is 18.6 Å². The number of hydrogen-bond acceptors (Lipinski definition) is 4. The van der Waals surface area contributed by atoms with Crippen LogP contribution in [0.2, 0.25) is 10.1 Å². The lowest BCUT2D eigenvalue weighted by Crippen LogP contribution is -2.28. The number of rotatable bonds is 8. The van der Waals surface area contributed by atoms with Crippen LogP contribution >= 0.6 is 0 Å².